The molecule has 0 spiro atoms. The summed E-state index contributed by atoms with van der Waals surface area (Å²) < 4.78 is 5.44. The fourth-order valence-corrected chi connectivity index (χ4v) is 3.86. The number of nitrogens with zero attached hydrogens (tertiary/aromatic N) is 2. The van der Waals surface area contributed by atoms with Crippen LogP contribution in [0.3, 0.4) is 0 Å². The van der Waals surface area contributed by atoms with Crippen molar-refractivity contribution in [3.8, 4) is 0 Å². The summed E-state index contributed by atoms with van der Waals surface area (Å²) in [5.74, 6) is 0.699. The molecule has 1 aromatic carbocycles. The van der Waals surface area contributed by atoms with Crippen molar-refractivity contribution in [3.05, 3.63) is 45.9 Å². The van der Waals surface area contributed by atoms with Crippen LogP contribution in [-0.4, -0.2) is 42.7 Å². The number of hydrogen-bond donors (Lipinski definition) is 3. The van der Waals surface area contributed by atoms with Crippen molar-refractivity contribution in [3.63, 3.8) is 0 Å². The molecule has 3 N–H and O–H groups in total. The van der Waals surface area contributed by atoms with Crippen LogP contribution in [0.4, 0.5) is 5.69 Å². The monoisotopic (exact) mass is 415 g/mol. The first-order valence-corrected chi connectivity index (χ1v) is 10.9. The van der Waals surface area contributed by atoms with E-state index in [1.165, 1.54) is 4.88 Å². The van der Waals surface area contributed by atoms with Gasteiger partial charge in [0, 0.05) is 42.9 Å². The smallest absolute Gasteiger partial charge is 0.253 e. The molecule has 0 aliphatic carbocycles. The fourth-order valence-electron chi connectivity index (χ4n) is 3.07. The summed E-state index contributed by atoms with van der Waals surface area (Å²) in [5.41, 5.74) is 1.80. The summed E-state index contributed by atoms with van der Waals surface area (Å²) in [7, 11) is 0. The standard InChI is InChI=1S/C21H29N5O2S/c1-3-22-21(23-10-9-19-24-13-15(2)29-19)25-14-16-6-4-7-17(12-16)26-20(27)18-8-5-11-28-18/h4,6-7,12-13,18H,3,5,8-11,14H2,1-2H3,(H,26,27)(H2,22,23,25). The Kier molecular flexibility index (Phi) is 8.01. The van der Waals surface area contributed by atoms with E-state index in [1.54, 1.807) is 11.3 Å². The first-order chi connectivity index (χ1) is 14.1. The summed E-state index contributed by atoms with van der Waals surface area (Å²) in [6.07, 6.45) is 4.17. The molecule has 1 amide bonds. The van der Waals surface area contributed by atoms with Gasteiger partial charge in [0.25, 0.3) is 5.91 Å². The molecular weight excluding hydrogens is 386 g/mol. The first-order valence-electron chi connectivity index (χ1n) is 10.1. The van der Waals surface area contributed by atoms with Crippen LogP contribution in [0.25, 0.3) is 0 Å². The molecule has 0 bridgehead atoms. The second-order valence-corrected chi connectivity index (χ2v) is 8.25. The van der Waals surface area contributed by atoms with Crippen LogP contribution in [0.15, 0.2) is 35.5 Å². The molecule has 1 unspecified atom stereocenters. The number of aromatic nitrogens is 1. The van der Waals surface area contributed by atoms with Crippen LogP contribution in [0.1, 0.15) is 35.2 Å². The van der Waals surface area contributed by atoms with E-state index < -0.39 is 0 Å². The molecule has 1 fully saturated rings. The number of hydrogen-bond acceptors (Lipinski definition) is 5. The van der Waals surface area contributed by atoms with Crippen molar-refractivity contribution in [2.75, 3.05) is 25.0 Å². The van der Waals surface area contributed by atoms with Gasteiger partial charge < -0.3 is 20.7 Å². The third-order valence-electron chi connectivity index (χ3n) is 4.48. The highest BCUT2D eigenvalue weighted by Crippen LogP contribution is 2.16. The molecule has 7 nitrogen and oxygen atoms in total. The Bertz CT molecular complexity index is 830. The number of anilines is 1. The van der Waals surface area contributed by atoms with Crippen molar-refractivity contribution < 1.29 is 9.53 Å². The van der Waals surface area contributed by atoms with E-state index in [9.17, 15) is 4.79 Å². The lowest BCUT2D eigenvalue weighted by Crippen LogP contribution is -2.38. The average molecular weight is 416 g/mol. The lowest BCUT2D eigenvalue weighted by atomic mass is 10.2. The van der Waals surface area contributed by atoms with Crippen LogP contribution in [0.5, 0.6) is 0 Å². The Hall–Kier alpha value is -2.45. The van der Waals surface area contributed by atoms with E-state index in [0.717, 1.165) is 54.6 Å². The van der Waals surface area contributed by atoms with Gasteiger partial charge in [-0.3, -0.25) is 4.79 Å². The normalized spacial score (nSPS) is 16.6. The van der Waals surface area contributed by atoms with Gasteiger partial charge in [-0.15, -0.1) is 11.3 Å². The minimum Gasteiger partial charge on any atom is -0.368 e. The molecule has 1 aliphatic rings. The molecule has 0 radical (unpaired) electrons. The van der Waals surface area contributed by atoms with E-state index in [-0.39, 0.29) is 12.0 Å². The molecule has 0 saturated carbocycles. The largest absolute Gasteiger partial charge is 0.368 e. The molecular formula is C21H29N5O2S. The van der Waals surface area contributed by atoms with Gasteiger partial charge in [0.15, 0.2) is 5.96 Å². The maximum absolute atomic E-state index is 12.2. The highest BCUT2D eigenvalue weighted by Gasteiger charge is 2.23. The lowest BCUT2D eigenvalue weighted by molar-refractivity contribution is -0.124. The molecule has 1 saturated heterocycles. The van der Waals surface area contributed by atoms with Crippen LogP contribution < -0.4 is 16.0 Å². The number of nitrogens with one attached hydrogen (secondary N) is 3. The average Bonchev–Trinajstić information content (AvgIpc) is 3.38. The van der Waals surface area contributed by atoms with E-state index in [1.807, 2.05) is 37.4 Å². The predicted molar refractivity (Wildman–Crippen MR) is 117 cm³/mol. The van der Waals surface area contributed by atoms with E-state index in [0.29, 0.717) is 13.2 Å². The summed E-state index contributed by atoms with van der Waals surface area (Å²) in [4.78, 5) is 22.5. The Morgan fingerprint density at radius 2 is 2.28 bits per heavy atom. The van der Waals surface area contributed by atoms with E-state index >= 15 is 0 Å². The predicted octanol–water partition coefficient (Wildman–Crippen LogP) is 2.87. The number of carbonyl (C=O) groups is 1. The zero-order valence-corrected chi connectivity index (χ0v) is 17.8. The van der Waals surface area contributed by atoms with Crippen LogP contribution in [0, 0.1) is 6.92 Å². The molecule has 156 valence electrons. The van der Waals surface area contributed by atoms with Crippen molar-refractivity contribution in [2.45, 2.75) is 45.8 Å². The van der Waals surface area contributed by atoms with Crippen LogP contribution in [0.2, 0.25) is 0 Å². The number of guanidine groups is 1. The Morgan fingerprint density at radius 1 is 1.38 bits per heavy atom. The van der Waals surface area contributed by atoms with Crippen molar-refractivity contribution in [2.24, 2.45) is 4.99 Å². The maximum Gasteiger partial charge on any atom is 0.253 e. The van der Waals surface area contributed by atoms with Gasteiger partial charge in [-0.2, -0.15) is 0 Å². The van der Waals surface area contributed by atoms with Crippen molar-refractivity contribution >= 4 is 28.9 Å². The van der Waals surface area contributed by atoms with Gasteiger partial charge in [-0.1, -0.05) is 12.1 Å². The fraction of sp³-hybridized carbons (Fsp3) is 0.476. The molecule has 29 heavy (non-hydrogen) atoms. The first kappa shape index (κ1) is 21.3. The summed E-state index contributed by atoms with van der Waals surface area (Å²) >= 11 is 1.72. The topological polar surface area (TPSA) is 87.6 Å². The number of aryl methyl sites for hydroxylation is 1. The highest BCUT2D eigenvalue weighted by molar-refractivity contribution is 7.11. The number of amides is 1. The zero-order valence-electron chi connectivity index (χ0n) is 17.0. The number of ether oxygens (including phenoxy) is 1. The SMILES string of the molecule is CCNC(=NCc1cccc(NC(=O)C2CCCO2)c1)NCCc1ncc(C)s1. The van der Waals surface area contributed by atoms with E-state index in [4.69, 9.17) is 4.74 Å². The highest BCUT2D eigenvalue weighted by atomic mass is 32.1. The summed E-state index contributed by atoms with van der Waals surface area (Å²) in [6.45, 7) is 6.86. The van der Waals surface area contributed by atoms with Gasteiger partial charge in [-0.05, 0) is 44.4 Å². The van der Waals surface area contributed by atoms with Gasteiger partial charge >= 0.3 is 0 Å². The molecule has 2 aromatic rings. The molecule has 3 rings (SSSR count). The van der Waals surface area contributed by atoms with Crippen molar-refractivity contribution in [1.29, 1.82) is 0 Å². The van der Waals surface area contributed by atoms with Gasteiger partial charge in [0.2, 0.25) is 0 Å². The molecule has 1 aliphatic heterocycles. The second kappa shape index (κ2) is 10.9. The van der Waals surface area contributed by atoms with Crippen molar-refractivity contribution in [1.82, 2.24) is 15.6 Å². The summed E-state index contributed by atoms with van der Waals surface area (Å²) in [5, 5.41) is 10.7. The lowest BCUT2D eigenvalue weighted by Gasteiger charge is -2.12. The number of rotatable bonds is 8. The van der Waals surface area contributed by atoms with Crippen LogP contribution >= 0.6 is 11.3 Å². The molecule has 2 heterocycles. The van der Waals surface area contributed by atoms with Gasteiger partial charge in [0.1, 0.15) is 6.10 Å². The minimum atomic E-state index is -0.331. The second-order valence-electron chi connectivity index (χ2n) is 6.93. The number of benzene rings is 1. The molecule has 1 aromatic heterocycles. The number of carbonyl (C=O) groups excluding carboxylic acids is 1. The zero-order chi connectivity index (χ0) is 20.5. The minimum absolute atomic E-state index is 0.0735. The quantitative estimate of drug-likeness (QED) is 0.456. The van der Waals surface area contributed by atoms with Gasteiger partial charge in [0.05, 0.1) is 11.6 Å². The molecule has 8 heteroatoms. The maximum atomic E-state index is 12.2. The summed E-state index contributed by atoms with van der Waals surface area (Å²) in [6, 6.07) is 7.78. The molecule has 1 atom stereocenters. The Labute approximate surface area is 176 Å². The third-order valence-corrected chi connectivity index (χ3v) is 5.45. The van der Waals surface area contributed by atoms with Gasteiger partial charge in [-0.25, -0.2) is 9.98 Å². The Morgan fingerprint density at radius 3 is 3.00 bits per heavy atom. The number of aliphatic imine (C=N–C) groups is 1. The number of thiazole rings is 1. The van der Waals surface area contributed by atoms with E-state index in [2.05, 4.69) is 32.9 Å². The Balaban J connectivity index is 1.53. The van der Waals surface area contributed by atoms with Crippen LogP contribution in [-0.2, 0) is 22.5 Å². The third kappa shape index (κ3) is 6.83.